The van der Waals surface area contributed by atoms with Gasteiger partial charge in [-0.25, -0.2) is 5.43 Å². The Morgan fingerprint density at radius 2 is 2.26 bits per heavy atom. The van der Waals surface area contributed by atoms with Crippen molar-refractivity contribution in [2.75, 3.05) is 5.75 Å². The normalized spacial score (nSPS) is 10.8. The molecule has 2 aromatic heterocycles. The SMILES string of the molecule is Cc1nnc(SCC(=O)NN=Cc2ccncc2)s1. The average molecular weight is 293 g/mol. The van der Waals surface area contributed by atoms with E-state index in [1.165, 1.54) is 23.1 Å². The summed E-state index contributed by atoms with van der Waals surface area (Å²) in [7, 11) is 0. The first-order chi connectivity index (χ1) is 9.24. The van der Waals surface area contributed by atoms with Gasteiger partial charge in [-0.15, -0.1) is 10.2 Å². The summed E-state index contributed by atoms with van der Waals surface area (Å²) in [6.07, 6.45) is 4.90. The van der Waals surface area contributed by atoms with E-state index in [-0.39, 0.29) is 11.7 Å². The number of aromatic nitrogens is 3. The summed E-state index contributed by atoms with van der Waals surface area (Å²) >= 11 is 2.81. The van der Waals surface area contributed by atoms with E-state index in [0.29, 0.717) is 0 Å². The summed E-state index contributed by atoms with van der Waals surface area (Å²) in [6.45, 7) is 1.88. The van der Waals surface area contributed by atoms with Crippen molar-refractivity contribution in [3.05, 3.63) is 35.1 Å². The maximum Gasteiger partial charge on any atom is 0.250 e. The Balaban J connectivity index is 1.74. The van der Waals surface area contributed by atoms with E-state index >= 15 is 0 Å². The third kappa shape index (κ3) is 4.76. The zero-order chi connectivity index (χ0) is 13.5. The molecule has 1 N–H and O–H groups in total. The Morgan fingerprint density at radius 3 is 2.95 bits per heavy atom. The molecule has 0 saturated carbocycles. The van der Waals surface area contributed by atoms with Crippen LogP contribution in [-0.4, -0.2) is 33.1 Å². The number of hydrogen-bond acceptors (Lipinski definition) is 7. The Bertz CT molecular complexity index is 569. The highest BCUT2D eigenvalue weighted by Crippen LogP contribution is 2.21. The van der Waals surface area contributed by atoms with E-state index in [4.69, 9.17) is 0 Å². The van der Waals surface area contributed by atoms with Gasteiger partial charge in [-0.2, -0.15) is 5.10 Å². The molecule has 98 valence electrons. The highest BCUT2D eigenvalue weighted by atomic mass is 32.2. The van der Waals surface area contributed by atoms with Crippen LogP contribution in [0.5, 0.6) is 0 Å². The van der Waals surface area contributed by atoms with Gasteiger partial charge < -0.3 is 0 Å². The van der Waals surface area contributed by atoms with Crippen molar-refractivity contribution in [1.82, 2.24) is 20.6 Å². The first kappa shape index (κ1) is 13.6. The number of aryl methyl sites for hydroxylation is 1. The topological polar surface area (TPSA) is 80.1 Å². The van der Waals surface area contributed by atoms with Gasteiger partial charge in [-0.05, 0) is 24.6 Å². The van der Waals surface area contributed by atoms with E-state index in [0.717, 1.165) is 14.9 Å². The molecule has 0 unspecified atom stereocenters. The molecular formula is C11H11N5OS2. The number of hydrogen-bond donors (Lipinski definition) is 1. The standard InChI is InChI=1S/C11H11N5OS2/c1-8-14-16-11(19-8)18-7-10(17)15-13-6-9-2-4-12-5-3-9/h2-6H,7H2,1H3,(H,15,17). The molecular weight excluding hydrogens is 282 g/mol. The largest absolute Gasteiger partial charge is 0.272 e. The Hall–Kier alpha value is -1.80. The van der Waals surface area contributed by atoms with Gasteiger partial charge in [-0.1, -0.05) is 23.1 Å². The van der Waals surface area contributed by atoms with Gasteiger partial charge in [0.15, 0.2) is 4.34 Å². The summed E-state index contributed by atoms with van der Waals surface area (Å²) in [5.41, 5.74) is 3.33. The van der Waals surface area contributed by atoms with Crippen LogP contribution in [0.1, 0.15) is 10.6 Å². The maximum absolute atomic E-state index is 11.5. The monoisotopic (exact) mass is 293 g/mol. The summed E-state index contributed by atoms with van der Waals surface area (Å²) in [5, 5.41) is 12.5. The van der Waals surface area contributed by atoms with Crippen LogP contribution in [0.2, 0.25) is 0 Å². The summed E-state index contributed by atoms with van der Waals surface area (Å²) < 4.78 is 0.783. The summed E-state index contributed by atoms with van der Waals surface area (Å²) in [6, 6.07) is 3.60. The molecule has 0 saturated heterocycles. The molecule has 0 aliphatic heterocycles. The first-order valence-electron chi connectivity index (χ1n) is 5.39. The number of pyridine rings is 1. The fourth-order valence-electron chi connectivity index (χ4n) is 1.12. The average Bonchev–Trinajstić information content (AvgIpc) is 2.83. The van der Waals surface area contributed by atoms with Crippen molar-refractivity contribution in [1.29, 1.82) is 0 Å². The number of carbonyl (C=O) groups excluding carboxylic acids is 1. The van der Waals surface area contributed by atoms with Gasteiger partial charge in [-0.3, -0.25) is 9.78 Å². The third-order valence-electron chi connectivity index (χ3n) is 1.94. The zero-order valence-electron chi connectivity index (χ0n) is 10.1. The molecule has 0 aliphatic carbocycles. The molecule has 0 radical (unpaired) electrons. The van der Waals surface area contributed by atoms with E-state index in [1.807, 2.05) is 6.92 Å². The Labute approximate surface area is 118 Å². The first-order valence-corrected chi connectivity index (χ1v) is 7.19. The van der Waals surface area contributed by atoms with E-state index in [2.05, 4.69) is 25.7 Å². The van der Waals surface area contributed by atoms with Crippen molar-refractivity contribution in [3.63, 3.8) is 0 Å². The lowest BCUT2D eigenvalue weighted by atomic mass is 10.3. The molecule has 2 heterocycles. The molecule has 0 fully saturated rings. The van der Waals surface area contributed by atoms with Gasteiger partial charge in [0.05, 0.1) is 12.0 Å². The second-order valence-electron chi connectivity index (χ2n) is 3.45. The van der Waals surface area contributed by atoms with Crippen LogP contribution in [0.25, 0.3) is 0 Å². The molecule has 0 bridgehead atoms. The van der Waals surface area contributed by atoms with Crippen molar-refractivity contribution >= 4 is 35.2 Å². The molecule has 1 amide bonds. The van der Waals surface area contributed by atoms with Crippen LogP contribution in [0.3, 0.4) is 0 Å². The lowest BCUT2D eigenvalue weighted by molar-refractivity contribution is -0.118. The maximum atomic E-state index is 11.5. The summed E-state index contributed by atoms with van der Waals surface area (Å²) in [5.74, 6) is 0.0886. The molecule has 8 heteroatoms. The minimum Gasteiger partial charge on any atom is -0.272 e. The zero-order valence-corrected chi connectivity index (χ0v) is 11.7. The predicted octanol–water partition coefficient (Wildman–Crippen LogP) is 1.48. The highest BCUT2D eigenvalue weighted by molar-refractivity contribution is 8.01. The number of nitrogens with one attached hydrogen (secondary N) is 1. The number of thioether (sulfide) groups is 1. The van der Waals surface area contributed by atoms with E-state index in [1.54, 1.807) is 30.7 Å². The van der Waals surface area contributed by atoms with Gasteiger partial charge in [0.2, 0.25) is 0 Å². The third-order valence-corrected chi connectivity index (χ3v) is 3.92. The van der Waals surface area contributed by atoms with Crippen LogP contribution in [-0.2, 0) is 4.79 Å². The van der Waals surface area contributed by atoms with Gasteiger partial charge in [0.1, 0.15) is 5.01 Å². The van der Waals surface area contributed by atoms with Crippen LogP contribution in [0.15, 0.2) is 34.0 Å². The molecule has 6 nitrogen and oxygen atoms in total. The fraction of sp³-hybridized carbons (Fsp3) is 0.182. The second-order valence-corrected chi connectivity index (χ2v) is 5.85. The molecule has 2 aromatic rings. The quantitative estimate of drug-likeness (QED) is 0.513. The van der Waals surface area contributed by atoms with Crippen molar-refractivity contribution in [2.45, 2.75) is 11.3 Å². The van der Waals surface area contributed by atoms with E-state index in [9.17, 15) is 4.79 Å². The van der Waals surface area contributed by atoms with Crippen molar-refractivity contribution in [2.24, 2.45) is 5.10 Å². The Morgan fingerprint density at radius 1 is 1.47 bits per heavy atom. The molecule has 0 spiro atoms. The van der Waals surface area contributed by atoms with Crippen LogP contribution in [0, 0.1) is 6.92 Å². The number of rotatable bonds is 5. The van der Waals surface area contributed by atoms with Gasteiger partial charge in [0, 0.05) is 12.4 Å². The number of hydrazone groups is 1. The summed E-state index contributed by atoms with van der Waals surface area (Å²) in [4.78, 5) is 15.4. The molecule has 0 aromatic carbocycles. The minimum absolute atomic E-state index is 0.178. The lowest BCUT2D eigenvalue weighted by Crippen LogP contribution is -2.19. The molecule has 0 aliphatic rings. The van der Waals surface area contributed by atoms with Gasteiger partial charge >= 0.3 is 0 Å². The Kier molecular flexibility index (Phi) is 4.99. The second kappa shape index (κ2) is 6.95. The van der Waals surface area contributed by atoms with Gasteiger partial charge in [0.25, 0.3) is 5.91 Å². The van der Waals surface area contributed by atoms with Crippen LogP contribution >= 0.6 is 23.1 Å². The van der Waals surface area contributed by atoms with E-state index < -0.39 is 0 Å². The van der Waals surface area contributed by atoms with Crippen LogP contribution < -0.4 is 5.43 Å². The van der Waals surface area contributed by atoms with Crippen molar-refractivity contribution in [3.8, 4) is 0 Å². The lowest BCUT2D eigenvalue weighted by Gasteiger charge is -1.97. The number of carbonyl (C=O) groups is 1. The minimum atomic E-state index is -0.178. The van der Waals surface area contributed by atoms with Crippen LogP contribution in [0.4, 0.5) is 0 Å². The molecule has 2 rings (SSSR count). The molecule has 19 heavy (non-hydrogen) atoms. The number of amides is 1. The fourth-order valence-corrected chi connectivity index (χ4v) is 2.73. The van der Waals surface area contributed by atoms with Crippen molar-refractivity contribution < 1.29 is 4.79 Å². The molecule has 0 atom stereocenters. The predicted molar refractivity (Wildman–Crippen MR) is 75.3 cm³/mol. The number of nitrogens with zero attached hydrogens (tertiary/aromatic N) is 4. The smallest absolute Gasteiger partial charge is 0.250 e. The highest BCUT2D eigenvalue weighted by Gasteiger charge is 2.05.